The lowest BCUT2D eigenvalue weighted by molar-refractivity contribution is -0.140. The first kappa shape index (κ1) is 22.4. The Balaban J connectivity index is 2.41. The zero-order valence-corrected chi connectivity index (χ0v) is 17.9. The molecule has 0 radical (unpaired) electrons. The Bertz CT molecular complexity index is 998. The summed E-state index contributed by atoms with van der Waals surface area (Å²) in [5.41, 5.74) is 0.886. The standard InChI is InChI=1S/C19H26N4O5S/c1-6-13(3)16(19(25)26)21-17(24)15-11-20-22(4)18(15)23(5)29(27,28)14-9-7-12(2)8-10-14/h7-11,13,16H,6H2,1-5H3,(H,21,24)(H,25,26). The van der Waals surface area contributed by atoms with Gasteiger partial charge in [0, 0.05) is 14.1 Å². The Morgan fingerprint density at radius 2 is 1.86 bits per heavy atom. The van der Waals surface area contributed by atoms with Gasteiger partial charge in [-0.3, -0.25) is 13.8 Å². The molecule has 0 saturated heterocycles. The van der Waals surface area contributed by atoms with Crippen LogP contribution in [0.25, 0.3) is 0 Å². The zero-order valence-electron chi connectivity index (χ0n) is 17.1. The molecule has 9 nitrogen and oxygen atoms in total. The van der Waals surface area contributed by atoms with Crippen LogP contribution in [0.15, 0.2) is 35.4 Å². The Hall–Kier alpha value is -2.88. The van der Waals surface area contributed by atoms with Gasteiger partial charge in [-0.25, -0.2) is 13.2 Å². The molecule has 10 heteroatoms. The second-order valence-electron chi connectivity index (χ2n) is 6.97. The van der Waals surface area contributed by atoms with Crippen LogP contribution >= 0.6 is 0 Å². The number of aromatic nitrogens is 2. The smallest absolute Gasteiger partial charge is 0.326 e. The van der Waals surface area contributed by atoms with E-state index in [0.717, 1.165) is 9.87 Å². The number of amides is 1. The number of carbonyl (C=O) groups is 2. The number of aryl methyl sites for hydroxylation is 2. The minimum absolute atomic E-state index is 0.0276. The lowest BCUT2D eigenvalue weighted by atomic mass is 9.99. The van der Waals surface area contributed by atoms with Crippen LogP contribution in [-0.4, -0.2) is 48.3 Å². The zero-order chi connectivity index (χ0) is 21.9. The molecule has 1 aromatic heterocycles. The first-order valence-electron chi connectivity index (χ1n) is 9.12. The molecule has 1 amide bonds. The molecular formula is C19H26N4O5S. The van der Waals surface area contributed by atoms with E-state index in [4.69, 9.17) is 0 Å². The molecule has 2 rings (SSSR count). The molecule has 2 unspecified atom stereocenters. The number of aliphatic carboxylic acids is 1. The average molecular weight is 423 g/mol. The molecular weight excluding hydrogens is 396 g/mol. The normalized spacial score (nSPS) is 13.6. The van der Waals surface area contributed by atoms with Gasteiger partial charge >= 0.3 is 5.97 Å². The van der Waals surface area contributed by atoms with E-state index in [1.165, 1.54) is 37.1 Å². The number of carbonyl (C=O) groups excluding carboxylic acids is 1. The molecule has 2 aromatic rings. The van der Waals surface area contributed by atoms with Gasteiger partial charge in [0.2, 0.25) is 0 Å². The van der Waals surface area contributed by atoms with Crippen molar-refractivity contribution in [2.75, 3.05) is 11.4 Å². The van der Waals surface area contributed by atoms with Crippen LogP contribution < -0.4 is 9.62 Å². The highest BCUT2D eigenvalue weighted by Gasteiger charge is 2.31. The number of rotatable bonds is 8. The second-order valence-corrected chi connectivity index (χ2v) is 8.94. The minimum Gasteiger partial charge on any atom is -0.480 e. The quantitative estimate of drug-likeness (QED) is 0.669. The van der Waals surface area contributed by atoms with Crippen LogP contribution in [0, 0.1) is 12.8 Å². The van der Waals surface area contributed by atoms with Gasteiger partial charge in [-0.2, -0.15) is 5.10 Å². The number of benzene rings is 1. The average Bonchev–Trinajstić information content (AvgIpc) is 3.06. The maximum atomic E-state index is 13.0. The van der Waals surface area contributed by atoms with Crippen LogP contribution in [0.3, 0.4) is 0 Å². The van der Waals surface area contributed by atoms with Gasteiger partial charge in [-0.15, -0.1) is 0 Å². The summed E-state index contributed by atoms with van der Waals surface area (Å²) in [5, 5.41) is 15.9. The van der Waals surface area contributed by atoms with Crippen molar-refractivity contribution in [3.63, 3.8) is 0 Å². The fraction of sp³-hybridized carbons (Fsp3) is 0.421. The highest BCUT2D eigenvalue weighted by Crippen LogP contribution is 2.25. The van der Waals surface area contributed by atoms with Crippen LogP contribution in [0.4, 0.5) is 5.82 Å². The van der Waals surface area contributed by atoms with Crippen LogP contribution in [0.1, 0.15) is 36.2 Å². The van der Waals surface area contributed by atoms with Crippen molar-refractivity contribution in [2.24, 2.45) is 13.0 Å². The molecule has 2 atom stereocenters. The summed E-state index contributed by atoms with van der Waals surface area (Å²) in [4.78, 5) is 24.4. The fourth-order valence-electron chi connectivity index (χ4n) is 2.85. The first-order valence-corrected chi connectivity index (χ1v) is 10.6. The largest absolute Gasteiger partial charge is 0.480 e. The summed E-state index contributed by atoms with van der Waals surface area (Å²) >= 11 is 0. The van der Waals surface area contributed by atoms with E-state index >= 15 is 0 Å². The Kier molecular flexibility index (Phi) is 6.68. The van der Waals surface area contributed by atoms with E-state index in [-0.39, 0.29) is 22.2 Å². The summed E-state index contributed by atoms with van der Waals surface area (Å²) in [7, 11) is -1.11. The third kappa shape index (κ3) is 4.58. The number of sulfonamides is 1. The van der Waals surface area contributed by atoms with E-state index < -0.39 is 27.9 Å². The summed E-state index contributed by atoms with van der Waals surface area (Å²) in [5.74, 6) is -2.12. The van der Waals surface area contributed by atoms with Gasteiger partial charge in [-0.1, -0.05) is 38.0 Å². The summed E-state index contributed by atoms with van der Waals surface area (Å²) < 4.78 is 28.3. The maximum Gasteiger partial charge on any atom is 0.326 e. The lowest BCUT2D eigenvalue weighted by Crippen LogP contribution is -2.45. The molecule has 0 fully saturated rings. The topological polar surface area (TPSA) is 122 Å². The summed E-state index contributed by atoms with van der Waals surface area (Å²) in [6.45, 7) is 5.39. The maximum absolute atomic E-state index is 13.0. The molecule has 2 N–H and O–H groups in total. The Labute approximate surface area is 170 Å². The van der Waals surface area contributed by atoms with Crippen LogP contribution in [0.2, 0.25) is 0 Å². The molecule has 29 heavy (non-hydrogen) atoms. The summed E-state index contributed by atoms with van der Waals surface area (Å²) in [6, 6.07) is 5.24. The minimum atomic E-state index is -3.95. The number of hydrogen-bond donors (Lipinski definition) is 2. The predicted molar refractivity (Wildman–Crippen MR) is 108 cm³/mol. The number of nitrogens with zero attached hydrogens (tertiary/aromatic N) is 3. The van der Waals surface area contributed by atoms with Crippen LogP contribution in [-0.2, 0) is 21.9 Å². The van der Waals surface area contributed by atoms with Gasteiger partial charge in [0.1, 0.15) is 11.6 Å². The van der Waals surface area contributed by atoms with E-state index in [0.29, 0.717) is 6.42 Å². The molecule has 0 spiro atoms. The van der Waals surface area contributed by atoms with Crippen molar-refractivity contribution in [2.45, 2.75) is 38.1 Å². The van der Waals surface area contributed by atoms with Gasteiger partial charge in [-0.05, 0) is 25.0 Å². The molecule has 0 aliphatic carbocycles. The summed E-state index contributed by atoms with van der Waals surface area (Å²) in [6.07, 6.45) is 1.78. The van der Waals surface area contributed by atoms with Crippen molar-refractivity contribution in [1.29, 1.82) is 0 Å². The SMILES string of the molecule is CCC(C)C(NC(=O)c1cnn(C)c1N(C)S(=O)(=O)c1ccc(C)cc1)C(=O)O. The number of carboxylic acids is 1. The van der Waals surface area contributed by atoms with Crippen molar-refractivity contribution in [3.8, 4) is 0 Å². The van der Waals surface area contributed by atoms with Crippen molar-refractivity contribution in [3.05, 3.63) is 41.6 Å². The first-order chi connectivity index (χ1) is 13.5. The molecule has 158 valence electrons. The number of carboxylic acid groups (broad SMARTS) is 1. The fourth-order valence-corrected chi connectivity index (χ4v) is 4.09. The number of hydrogen-bond acceptors (Lipinski definition) is 5. The van der Waals surface area contributed by atoms with Gasteiger partial charge in [0.15, 0.2) is 5.82 Å². The van der Waals surface area contributed by atoms with E-state index in [1.807, 2.05) is 13.8 Å². The molecule has 1 aromatic carbocycles. The van der Waals surface area contributed by atoms with E-state index in [9.17, 15) is 23.1 Å². The van der Waals surface area contributed by atoms with Crippen molar-refractivity contribution < 1.29 is 23.1 Å². The third-order valence-electron chi connectivity index (χ3n) is 4.90. The Morgan fingerprint density at radius 3 is 2.38 bits per heavy atom. The molecule has 0 saturated carbocycles. The van der Waals surface area contributed by atoms with Crippen molar-refractivity contribution in [1.82, 2.24) is 15.1 Å². The van der Waals surface area contributed by atoms with E-state index in [2.05, 4.69) is 10.4 Å². The Morgan fingerprint density at radius 1 is 1.28 bits per heavy atom. The van der Waals surface area contributed by atoms with Crippen molar-refractivity contribution >= 4 is 27.7 Å². The third-order valence-corrected chi connectivity index (χ3v) is 6.66. The second kappa shape index (κ2) is 8.64. The van der Waals surface area contributed by atoms with Crippen LogP contribution in [0.5, 0.6) is 0 Å². The molecule has 0 bridgehead atoms. The molecule has 1 heterocycles. The van der Waals surface area contributed by atoms with Gasteiger partial charge in [0.25, 0.3) is 15.9 Å². The highest BCUT2D eigenvalue weighted by atomic mass is 32.2. The monoisotopic (exact) mass is 422 g/mol. The van der Waals surface area contributed by atoms with Gasteiger partial charge < -0.3 is 10.4 Å². The van der Waals surface area contributed by atoms with Gasteiger partial charge in [0.05, 0.1) is 11.1 Å². The molecule has 0 aliphatic rings. The number of anilines is 1. The predicted octanol–water partition coefficient (Wildman–Crippen LogP) is 1.78. The lowest BCUT2D eigenvalue weighted by Gasteiger charge is -2.23. The molecule has 0 aliphatic heterocycles. The highest BCUT2D eigenvalue weighted by molar-refractivity contribution is 7.92. The number of nitrogens with one attached hydrogen (secondary N) is 1. The van der Waals surface area contributed by atoms with E-state index in [1.54, 1.807) is 19.1 Å².